The molecule has 0 amide bonds. The van der Waals surface area contributed by atoms with Crippen LogP contribution in [0.1, 0.15) is 12.5 Å². The molecule has 0 atom stereocenters. The van der Waals surface area contributed by atoms with E-state index in [-0.39, 0.29) is 5.88 Å². The zero-order valence-electron chi connectivity index (χ0n) is 9.01. The molecule has 4 heteroatoms. The Hall–Kier alpha value is -1.65. The van der Waals surface area contributed by atoms with Crippen molar-refractivity contribution in [2.45, 2.75) is 13.5 Å². The third kappa shape index (κ3) is 2.13. The number of hydrogen-bond acceptors (Lipinski definition) is 4. The average Bonchev–Trinajstić information content (AvgIpc) is 2.33. The number of fused-ring (bicyclic) bond motifs is 1. The van der Waals surface area contributed by atoms with Gasteiger partial charge in [-0.3, -0.25) is 0 Å². The summed E-state index contributed by atoms with van der Waals surface area (Å²) in [5, 5.41) is 11.2. The molecule has 0 unspecified atom stereocenters. The van der Waals surface area contributed by atoms with E-state index in [9.17, 15) is 5.11 Å². The van der Waals surface area contributed by atoms with Crippen LogP contribution in [0.4, 0.5) is 0 Å². The lowest BCUT2D eigenvalue weighted by molar-refractivity contribution is -0.300. The molecule has 0 saturated heterocycles. The van der Waals surface area contributed by atoms with Gasteiger partial charge in [0.15, 0.2) is 0 Å². The van der Waals surface area contributed by atoms with Crippen LogP contribution in [0.3, 0.4) is 0 Å². The van der Waals surface area contributed by atoms with E-state index in [0.29, 0.717) is 13.2 Å². The summed E-state index contributed by atoms with van der Waals surface area (Å²) in [6.45, 7) is 2.68. The molecular weight excluding hydrogens is 206 g/mol. The largest absolute Gasteiger partial charge is 0.493 e. The van der Waals surface area contributed by atoms with E-state index in [2.05, 4.69) is 4.98 Å². The van der Waals surface area contributed by atoms with Crippen LogP contribution in [0.15, 0.2) is 30.5 Å². The Morgan fingerprint density at radius 1 is 1.19 bits per heavy atom. The summed E-state index contributed by atoms with van der Waals surface area (Å²) < 4.78 is 0. The number of hydrogen-bond donors (Lipinski definition) is 1. The summed E-state index contributed by atoms with van der Waals surface area (Å²) in [4.78, 5) is 13.7. The van der Waals surface area contributed by atoms with E-state index in [4.69, 9.17) is 9.78 Å². The molecule has 0 spiro atoms. The van der Waals surface area contributed by atoms with Crippen molar-refractivity contribution in [2.75, 3.05) is 6.61 Å². The van der Waals surface area contributed by atoms with Crippen LogP contribution in [0.25, 0.3) is 10.8 Å². The van der Waals surface area contributed by atoms with Crippen LogP contribution in [0, 0.1) is 0 Å². The molecule has 0 saturated carbocycles. The number of benzene rings is 1. The van der Waals surface area contributed by atoms with Crippen molar-refractivity contribution in [3.8, 4) is 5.88 Å². The maximum atomic E-state index is 9.58. The van der Waals surface area contributed by atoms with Crippen molar-refractivity contribution >= 4 is 10.8 Å². The standard InChI is InChI=1S/C12H13NO3/c1-2-15-16-8-9-7-13-12(14)11-6-4-3-5-10(9)11/h3-7H,2,8H2,1H3,(H,13,14). The van der Waals surface area contributed by atoms with Gasteiger partial charge in [0, 0.05) is 17.1 Å². The maximum absolute atomic E-state index is 9.58. The minimum Gasteiger partial charge on any atom is -0.493 e. The number of rotatable bonds is 4. The first kappa shape index (κ1) is 10.9. The van der Waals surface area contributed by atoms with Crippen molar-refractivity contribution in [1.82, 2.24) is 4.98 Å². The fourth-order valence-electron chi connectivity index (χ4n) is 1.54. The molecule has 1 aromatic carbocycles. The van der Waals surface area contributed by atoms with Gasteiger partial charge in [0.25, 0.3) is 0 Å². The summed E-state index contributed by atoms with van der Waals surface area (Å²) in [6.07, 6.45) is 1.59. The quantitative estimate of drug-likeness (QED) is 0.487. The predicted molar refractivity (Wildman–Crippen MR) is 59.8 cm³/mol. The van der Waals surface area contributed by atoms with Crippen LogP contribution in [-0.4, -0.2) is 16.7 Å². The molecule has 2 rings (SSSR count). The van der Waals surface area contributed by atoms with Crippen LogP contribution in [0.2, 0.25) is 0 Å². The predicted octanol–water partition coefficient (Wildman–Crippen LogP) is 2.41. The highest BCUT2D eigenvalue weighted by Crippen LogP contribution is 2.25. The fraction of sp³-hybridized carbons (Fsp3) is 0.250. The molecule has 16 heavy (non-hydrogen) atoms. The van der Waals surface area contributed by atoms with E-state index in [0.717, 1.165) is 16.3 Å². The normalized spacial score (nSPS) is 10.8. The van der Waals surface area contributed by atoms with Gasteiger partial charge in [0.05, 0.1) is 6.61 Å². The van der Waals surface area contributed by atoms with Gasteiger partial charge < -0.3 is 5.11 Å². The summed E-state index contributed by atoms with van der Waals surface area (Å²) in [5.74, 6) is 0.0377. The molecule has 2 aromatic rings. The number of aromatic nitrogens is 1. The Balaban J connectivity index is 2.35. The van der Waals surface area contributed by atoms with Crippen LogP contribution in [-0.2, 0) is 16.4 Å². The van der Waals surface area contributed by atoms with Gasteiger partial charge in [-0.1, -0.05) is 18.2 Å². The zero-order valence-corrected chi connectivity index (χ0v) is 9.01. The summed E-state index contributed by atoms with van der Waals surface area (Å²) in [6, 6.07) is 7.51. The van der Waals surface area contributed by atoms with Crippen molar-refractivity contribution in [3.63, 3.8) is 0 Å². The minimum absolute atomic E-state index is 0.0377. The van der Waals surface area contributed by atoms with E-state index < -0.39 is 0 Å². The minimum atomic E-state index is 0.0377. The second-order valence-electron chi connectivity index (χ2n) is 3.32. The van der Waals surface area contributed by atoms with Crippen LogP contribution >= 0.6 is 0 Å². The van der Waals surface area contributed by atoms with Gasteiger partial charge in [-0.25, -0.2) is 14.8 Å². The summed E-state index contributed by atoms with van der Waals surface area (Å²) in [7, 11) is 0. The van der Waals surface area contributed by atoms with Gasteiger partial charge in [-0.05, 0) is 18.4 Å². The molecular formula is C12H13NO3. The summed E-state index contributed by atoms with van der Waals surface area (Å²) in [5.41, 5.74) is 0.891. The molecule has 84 valence electrons. The Morgan fingerprint density at radius 2 is 1.94 bits per heavy atom. The van der Waals surface area contributed by atoms with E-state index in [1.807, 2.05) is 31.2 Å². The van der Waals surface area contributed by atoms with Crippen molar-refractivity contribution < 1.29 is 14.9 Å². The molecule has 0 aliphatic heterocycles. The maximum Gasteiger partial charge on any atom is 0.218 e. The van der Waals surface area contributed by atoms with Crippen LogP contribution < -0.4 is 0 Å². The monoisotopic (exact) mass is 219 g/mol. The van der Waals surface area contributed by atoms with Gasteiger partial charge in [0.1, 0.15) is 6.61 Å². The second-order valence-corrected chi connectivity index (χ2v) is 3.32. The Kier molecular flexibility index (Phi) is 3.34. The Morgan fingerprint density at radius 3 is 2.69 bits per heavy atom. The third-order valence-electron chi connectivity index (χ3n) is 2.27. The molecule has 1 N–H and O–H groups in total. The summed E-state index contributed by atoms with van der Waals surface area (Å²) >= 11 is 0. The molecule has 0 bridgehead atoms. The fourth-order valence-corrected chi connectivity index (χ4v) is 1.54. The van der Waals surface area contributed by atoms with Crippen LogP contribution in [0.5, 0.6) is 5.88 Å². The van der Waals surface area contributed by atoms with Gasteiger partial charge >= 0.3 is 0 Å². The van der Waals surface area contributed by atoms with Crippen molar-refractivity contribution in [2.24, 2.45) is 0 Å². The highest BCUT2D eigenvalue weighted by atomic mass is 17.2. The number of aromatic hydroxyl groups is 1. The highest BCUT2D eigenvalue weighted by Gasteiger charge is 2.06. The molecule has 1 aromatic heterocycles. The van der Waals surface area contributed by atoms with Gasteiger partial charge in [0.2, 0.25) is 5.88 Å². The lowest BCUT2D eigenvalue weighted by Crippen LogP contribution is -1.96. The smallest absolute Gasteiger partial charge is 0.218 e. The average molecular weight is 219 g/mol. The molecule has 0 aliphatic rings. The lowest BCUT2D eigenvalue weighted by Gasteiger charge is -2.06. The first-order chi connectivity index (χ1) is 7.83. The van der Waals surface area contributed by atoms with Gasteiger partial charge in [-0.15, -0.1) is 0 Å². The first-order valence-electron chi connectivity index (χ1n) is 5.13. The van der Waals surface area contributed by atoms with E-state index in [1.54, 1.807) is 6.20 Å². The zero-order chi connectivity index (χ0) is 11.4. The lowest BCUT2D eigenvalue weighted by atomic mass is 10.1. The first-order valence-corrected chi connectivity index (χ1v) is 5.13. The Labute approximate surface area is 93.4 Å². The Bertz CT molecular complexity index is 485. The molecule has 0 aliphatic carbocycles. The highest BCUT2D eigenvalue weighted by molar-refractivity contribution is 5.89. The van der Waals surface area contributed by atoms with E-state index in [1.165, 1.54) is 0 Å². The third-order valence-corrected chi connectivity index (χ3v) is 2.27. The number of pyridine rings is 1. The molecule has 4 nitrogen and oxygen atoms in total. The topological polar surface area (TPSA) is 51.6 Å². The van der Waals surface area contributed by atoms with Crippen molar-refractivity contribution in [1.29, 1.82) is 0 Å². The molecule has 1 heterocycles. The van der Waals surface area contributed by atoms with Gasteiger partial charge in [-0.2, -0.15) is 0 Å². The SMILES string of the molecule is CCOOCc1cnc(O)c2ccccc12. The number of nitrogens with zero attached hydrogens (tertiary/aromatic N) is 1. The second kappa shape index (κ2) is 4.92. The molecule has 0 fully saturated rings. The van der Waals surface area contributed by atoms with E-state index >= 15 is 0 Å². The van der Waals surface area contributed by atoms with Crippen molar-refractivity contribution in [3.05, 3.63) is 36.0 Å². The molecule has 0 radical (unpaired) electrons.